The standard InChI is InChI=1S/C15H6F4INO/c16-10-12(18)15(13(19)11(17)14(10)20)22-9-5-1-4-8-7(9)3-2-6-21-8/h1-6H. The zero-order valence-electron chi connectivity index (χ0n) is 10.7. The molecule has 0 bridgehead atoms. The first-order chi connectivity index (χ1) is 10.5. The molecule has 2 aromatic carbocycles. The third kappa shape index (κ3) is 2.39. The minimum atomic E-state index is -1.58. The van der Waals surface area contributed by atoms with E-state index in [-0.39, 0.29) is 5.75 Å². The molecule has 0 aliphatic rings. The minimum absolute atomic E-state index is 0.0448. The molecule has 0 spiro atoms. The molecule has 0 saturated heterocycles. The zero-order valence-corrected chi connectivity index (χ0v) is 12.9. The van der Waals surface area contributed by atoms with Gasteiger partial charge in [-0.25, -0.2) is 8.78 Å². The van der Waals surface area contributed by atoms with Gasteiger partial charge in [0.15, 0.2) is 11.6 Å². The van der Waals surface area contributed by atoms with E-state index in [9.17, 15) is 17.6 Å². The average molecular weight is 419 g/mol. The Bertz CT molecular complexity index is 851. The van der Waals surface area contributed by atoms with Crippen LogP contribution in [0.25, 0.3) is 10.9 Å². The number of hydrogen-bond acceptors (Lipinski definition) is 2. The highest BCUT2D eigenvalue weighted by molar-refractivity contribution is 14.1. The molecule has 1 heterocycles. The van der Waals surface area contributed by atoms with Crippen molar-refractivity contribution >= 4 is 33.5 Å². The molecule has 0 N–H and O–H groups in total. The molecule has 0 saturated carbocycles. The highest BCUT2D eigenvalue weighted by atomic mass is 127. The summed E-state index contributed by atoms with van der Waals surface area (Å²) in [6.07, 6.45) is 1.54. The van der Waals surface area contributed by atoms with Gasteiger partial charge in [-0.15, -0.1) is 0 Å². The van der Waals surface area contributed by atoms with Gasteiger partial charge in [-0.3, -0.25) is 4.98 Å². The zero-order chi connectivity index (χ0) is 15.9. The maximum absolute atomic E-state index is 13.9. The summed E-state index contributed by atoms with van der Waals surface area (Å²) in [5, 5.41) is 0.461. The molecule has 0 amide bonds. The van der Waals surface area contributed by atoms with Crippen LogP contribution in [0.4, 0.5) is 17.6 Å². The molecule has 0 unspecified atom stereocenters. The van der Waals surface area contributed by atoms with Crippen LogP contribution in [0.3, 0.4) is 0 Å². The van der Waals surface area contributed by atoms with E-state index in [0.717, 1.165) is 0 Å². The largest absolute Gasteiger partial charge is 0.450 e. The Morgan fingerprint density at radius 1 is 0.864 bits per heavy atom. The Labute approximate surface area is 135 Å². The maximum atomic E-state index is 13.9. The summed E-state index contributed by atoms with van der Waals surface area (Å²) < 4.78 is 59.2. The lowest BCUT2D eigenvalue weighted by molar-refractivity contribution is 0.364. The number of aromatic nitrogens is 1. The van der Waals surface area contributed by atoms with Crippen molar-refractivity contribution in [2.24, 2.45) is 0 Å². The maximum Gasteiger partial charge on any atom is 0.205 e. The van der Waals surface area contributed by atoms with Crippen molar-refractivity contribution < 1.29 is 22.3 Å². The number of halogens is 5. The van der Waals surface area contributed by atoms with Crippen LogP contribution < -0.4 is 4.74 Å². The monoisotopic (exact) mass is 419 g/mol. The van der Waals surface area contributed by atoms with Crippen LogP contribution in [0.2, 0.25) is 0 Å². The summed E-state index contributed by atoms with van der Waals surface area (Å²) >= 11 is 1.19. The summed E-state index contributed by atoms with van der Waals surface area (Å²) in [6.45, 7) is 0. The number of rotatable bonds is 2. The van der Waals surface area contributed by atoms with Crippen molar-refractivity contribution in [1.29, 1.82) is 0 Å². The van der Waals surface area contributed by atoms with Gasteiger partial charge in [0.25, 0.3) is 0 Å². The summed E-state index contributed by atoms with van der Waals surface area (Å²) in [5.41, 5.74) is 0.521. The molecule has 0 radical (unpaired) electrons. The third-order valence-electron chi connectivity index (χ3n) is 2.99. The molecule has 112 valence electrons. The van der Waals surface area contributed by atoms with Gasteiger partial charge in [0, 0.05) is 11.6 Å². The van der Waals surface area contributed by atoms with Crippen molar-refractivity contribution in [1.82, 2.24) is 4.98 Å². The van der Waals surface area contributed by atoms with Gasteiger partial charge in [-0.05, 0) is 46.9 Å². The van der Waals surface area contributed by atoms with Crippen molar-refractivity contribution in [2.75, 3.05) is 0 Å². The fraction of sp³-hybridized carbons (Fsp3) is 0. The summed E-state index contributed by atoms with van der Waals surface area (Å²) in [5.74, 6) is -7.22. The van der Waals surface area contributed by atoms with Crippen molar-refractivity contribution in [3.05, 3.63) is 63.4 Å². The molecule has 7 heteroatoms. The molecule has 0 fully saturated rings. The number of fused-ring (bicyclic) bond motifs is 1. The van der Waals surface area contributed by atoms with Gasteiger partial charge in [0.2, 0.25) is 17.4 Å². The number of hydrogen-bond donors (Lipinski definition) is 0. The van der Waals surface area contributed by atoms with Crippen LogP contribution in [0.1, 0.15) is 0 Å². The van der Waals surface area contributed by atoms with E-state index in [1.54, 1.807) is 24.3 Å². The molecule has 2 nitrogen and oxygen atoms in total. The lowest BCUT2D eigenvalue weighted by Gasteiger charge is -2.12. The summed E-state index contributed by atoms with van der Waals surface area (Å²) in [6, 6.07) is 7.88. The second kappa shape index (κ2) is 5.71. The average Bonchev–Trinajstić information content (AvgIpc) is 2.55. The Morgan fingerprint density at radius 2 is 1.55 bits per heavy atom. The molecule has 3 rings (SSSR count). The molecule has 22 heavy (non-hydrogen) atoms. The van der Waals surface area contributed by atoms with E-state index in [0.29, 0.717) is 10.9 Å². The molecule has 0 aliphatic heterocycles. The molecular weight excluding hydrogens is 413 g/mol. The number of ether oxygens (including phenoxy) is 1. The number of nitrogens with zero attached hydrogens (tertiary/aromatic N) is 1. The van der Waals surface area contributed by atoms with Gasteiger partial charge in [-0.1, -0.05) is 6.07 Å². The first-order valence-corrected chi connectivity index (χ1v) is 7.11. The van der Waals surface area contributed by atoms with Crippen molar-refractivity contribution in [2.45, 2.75) is 0 Å². The second-order valence-electron chi connectivity index (χ2n) is 4.33. The van der Waals surface area contributed by atoms with Crippen molar-refractivity contribution in [3.63, 3.8) is 0 Å². The molecule has 1 aromatic heterocycles. The SMILES string of the molecule is Fc1c(F)c(Oc2cccc3ncccc23)c(F)c(F)c1I. The molecule has 3 aromatic rings. The Morgan fingerprint density at radius 3 is 2.23 bits per heavy atom. The van der Waals surface area contributed by atoms with E-state index in [2.05, 4.69) is 4.98 Å². The second-order valence-corrected chi connectivity index (χ2v) is 5.41. The fourth-order valence-electron chi connectivity index (χ4n) is 1.95. The van der Waals surface area contributed by atoms with Gasteiger partial charge < -0.3 is 4.74 Å². The lowest BCUT2D eigenvalue weighted by Crippen LogP contribution is -2.03. The minimum Gasteiger partial charge on any atom is -0.450 e. The van der Waals surface area contributed by atoms with Gasteiger partial charge in [0.05, 0.1) is 9.09 Å². The van der Waals surface area contributed by atoms with E-state index in [1.807, 2.05) is 0 Å². The van der Waals surface area contributed by atoms with Crippen LogP contribution in [0, 0.1) is 26.8 Å². The van der Waals surface area contributed by atoms with Crippen molar-refractivity contribution in [3.8, 4) is 11.5 Å². The van der Waals surface area contributed by atoms with Crippen LogP contribution in [0.15, 0.2) is 36.5 Å². The van der Waals surface area contributed by atoms with E-state index >= 15 is 0 Å². The summed E-state index contributed by atoms with van der Waals surface area (Å²) in [7, 11) is 0. The van der Waals surface area contributed by atoms with Crippen LogP contribution >= 0.6 is 22.6 Å². The van der Waals surface area contributed by atoms with Crippen LogP contribution in [0.5, 0.6) is 11.5 Å². The van der Waals surface area contributed by atoms with E-state index in [1.165, 1.54) is 34.9 Å². The molecule has 0 aliphatic carbocycles. The number of pyridine rings is 1. The highest BCUT2D eigenvalue weighted by Gasteiger charge is 2.26. The quantitative estimate of drug-likeness (QED) is 0.247. The summed E-state index contributed by atoms with van der Waals surface area (Å²) in [4.78, 5) is 4.06. The molecule has 0 atom stereocenters. The van der Waals surface area contributed by atoms with Gasteiger partial charge >= 0.3 is 0 Å². The predicted octanol–water partition coefficient (Wildman–Crippen LogP) is 5.19. The molecular formula is C15H6F4INO. The van der Waals surface area contributed by atoms with Gasteiger partial charge in [-0.2, -0.15) is 8.78 Å². The first kappa shape index (κ1) is 15.0. The normalized spacial score (nSPS) is 11.0. The topological polar surface area (TPSA) is 22.1 Å². The van der Waals surface area contributed by atoms with E-state index in [4.69, 9.17) is 4.74 Å². The third-order valence-corrected chi connectivity index (χ3v) is 3.93. The Balaban J connectivity index is 2.18. The van der Waals surface area contributed by atoms with Crippen LogP contribution in [-0.2, 0) is 0 Å². The lowest BCUT2D eigenvalue weighted by atomic mass is 10.2. The fourth-order valence-corrected chi connectivity index (χ4v) is 2.42. The predicted molar refractivity (Wildman–Crippen MR) is 80.8 cm³/mol. The van der Waals surface area contributed by atoms with Gasteiger partial charge in [0.1, 0.15) is 5.75 Å². The Kier molecular flexibility index (Phi) is 3.90. The smallest absolute Gasteiger partial charge is 0.205 e. The highest BCUT2D eigenvalue weighted by Crippen LogP contribution is 2.36. The van der Waals surface area contributed by atoms with Crippen LogP contribution in [-0.4, -0.2) is 4.98 Å². The number of benzene rings is 2. The first-order valence-electron chi connectivity index (χ1n) is 6.03. The Hall–Kier alpha value is -1.90. The van der Waals surface area contributed by atoms with E-state index < -0.39 is 32.6 Å².